The number of piperidine rings is 1. The van der Waals surface area contributed by atoms with Crippen LogP contribution in [0, 0.1) is 11.3 Å². The second-order valence-corrected chi connectivity index (χ2v) is 7.33. The first kappa shape index (κ1) is 19.5. The minimum absolute atomic E-state index is 0.00366. The van der Waals surface area contributed by atoms with Gasteiger partial charge in [-0.25, -0.2) is 0 Å². The fourth-order valence-electron chi connectivity index (χ4n) is 4.30. The minimum Gasteiger partial charge on any atom is -0.469 e. The second-order valence-electron chi connectivity index (χ2n) is 7.33. The average molecular weight is 407 g/mol. The molecule has 3 N–H and O–H groups in total. The molecule has 0 atom stereocenters. The van der Waals surface area contributed by atoms with Crippen molar-refractivity contribution in [2.75, 3.05) is 20.2 Å². The van der Waals surface area contributed by atoms with Crippen LogP contribution in [0.15, 0.2) is 41.8 Å². The number of amides is 1. The van der Waals surface area contributed by atoms with Gasteiger partial charge in [0.05, 0.1) is 19.2 Å². The van der Waals surface area contributed by atoms with Crippen LogP contribution in [-0.4, -0.2) is 47.2 Å². The van der Waals surface area contributed by atoms with Crippen molar-refractivity contribution in [2.45, 2.75) is 24.7 Å². The minimum atomic E-state index is -0.782. The van der Waals surface area contributed by atoms with Gasteiger partial charge in [0.1, 0.15) is 11.6 Å². The summed E-state index contributed by atoms with van der Waals surface area (Å²) in [5.41, 5.74) is 7.35. The highest BCUT2D eigenvalue weighted by molar-refractivity contribution is 5.94. The van der Waals surface area contributed by atoms with Gasteiger partial charge in [0.15, 0.2) is 0 Å². The van der Waals surface area contributed by atoms with Crippen molar-refractivity contribution in [1.82, 2.24) is 15.1 Å². The number of carbonyl (C=O) groups excluding carboxylic acids is 2. The van der Waals surface area contributed by atoms with Gasteiger partial charge in [-0.1, -0.05) is 18.2 Å². The Bertz CT molecular complexity index is 1060. The zero-order chi connectivity index (χ0) is 21.3. The van der Waals surface area contributed by atoms with Crippen LogP contribution < -0.4 is 10.5 Å². The number of carbonyl (C=O) groups is 2. The van der Waals surface area contributed by atoms with Crippen LogP contribution in [0.2, 0.25) is 0 Å². The van der Waals surface area contributed by atoms with Gasteiger partial charge < -0.3 is 20.1 Å². The summed E-state index contributed by atoms with van der Waals surface area (Å²) in [5, 5.41) is 16.8. The molecule has 2 aromatic rings. The van der Waals surface area contributed by atoms with E-state index in [0.717, 1.165) is 0 Å². The third-order valence-electron chi connectivity index (χ3n) is 5.80. The molecular weight excluding hydrogens is 386 g/mol. The molecule has 1 amide bonds. The van der Waals surface area contributed by atoms with Crippen LogP contribution in [-0.2, 0) is 21.4 Å². The number of methoxy groups -OCH3 is 1. The Balaban J connectivity index is 1.68. The molecule has 1 spiro atoms. The quantitative estimate of drug-likeness (QED) is 0.734. The third-order valence-corrected chi connectivity index (χ3v) is 5.80. The van der Waals surface area contributed by atoms with Crippen molar-refractivity contribution >= 4 is 11.9 Å². The van der Waals surface area contributed by atoms with E-state index < -0.39 is 11.4 Å². The second kappa shape index (κ2) is 7.55. The number of benzene rings is 1. The molecule has 1 aromatic carbocycles. The molecule has 0 aliphatic carbocycles. The summed E-state index contributed by atoms with van der Waals surface area (Å²) in [6.45, 7) is 0.850. The number of allylic oxidation sites excluding steroid dienone is 1. The topological polar surface area (TPSA) is 134 Å². The lowest BCUT2D eigenvalue weighted by molar-refractivity contribution is -0.139. The summed E-state index contributed by atoms with van der Waals surface area (Å²) < 4.78 is 10.3. The van der Waals surface area contributed by atoms with E-state index in [-0.39, 0.29) is 24.1 Å². The van der Waals surface area contributed by atoms with Crippen molar-refractivity contribution < 1.29 is 19.1 Å². The number of nitriles is 1. The van der Waals surface area contributed by atoms with Crippen LogP contribution in [0.4, 0.5) is 0 Å². The molecule has 0 bridgehead atoms. The molecule has 2 aliphatic rings. The van der Waals surface area contributed by atoms with Crippen LogP contribution in [0.1, 0.15) is 34.5 Å². The highest BCUT2D eigenvalue weighted by atomic mass is 16.5. The number of hydrogen-bond donors (Lipinski definition) is 2. The van der Waals surface area contributed by atoms with Crippen LogP contribution in [0.5, 0.6) is 5.88 Å². The maximum absolute atomic E-state index is 12.9. The SMILES string of the molecule is COC(=O)Cc1[nH]nc2c1C1(CCN(C(=O)c3ccccc3)CC1)C(C#N)=C(N)O2. The Morgan fingerprint density at radius 2 is 2.03 bits per heavy atom. The smallest absolute Gasteiger partial charge is 0.311 e. The third kappa shape index (κ3) is 3.06. The largest absolute Gasteiger partial charge is 0.469 e. The molecule has 1 fully saturated rings. The molecule has 30 heavy (non-hydrogen) atoms. The molecule has 3 heterocycles. The molecule has 1 aromatic heterocycles. The lowest BCUT2D eigenvalue weighted by Crippen LogP contribution is -2.48. The van der Waals surface area contributed by atoms with E-state index in [9.17, 15) is 14.9 Å². The van der Waals surface area contributed by atoms with E-state index in [1.165, 1.54) is 7.11 Å². The summed E-state index contributed by atoms with van der Waals surface area (Å²) in [6.07, 6.45) is 0.883. The van der Waals surface area contributed by atoms with Crippen molar-refractivity contribution in [3.63, 3.8) is 0 Å². The van der Waals surface area contributed by atoms with Crippen LogP contribution >= 0.6 is 0 Å². The maximum atomic E-state index is 12.9. The highest BCUT2D eigenvalue weighted by Gasteiger charge is 2.49. The van der Waals surface area contributed by atoms with Crippen LogP contribution in [0.25, 0.3) is 0 Å². The fourth-order valence-corrected chi connectivity index (χ4v) is 4.30. The Morgan fingerprint density at radius 1 is 1.33 bits per heavy atom. The Morgan fingerprint density at radius 3 is 2.67 bits per heavy atom. The first-order valence-electron chi connectivity index (χ1n) is 9.57. The van der Waals surface area contributed by atoms with Gasteiger partial charge in [-0.2, -0.15) is 5.26 Å². The number of nitrogens with one attached hydrogen (secondary N) is 1. The molecule has 0 radical (unpaired) electrons. The number of aromatic nitrogens is 2. The maximum Gasteiger partial charge on any atom is 0.311 e. The van der Waals surface area contributed by atoms with Crippen molar-refractivity contribution in [1.29, 1.82) is 5.26 Å². The first-order chi connectivity index (χ1) is 14.5. The number of nitrogens with zero attached hydrogens (tertiary/aromatic N) is 3. The van der Waals surface area contributed by atoms with Crippen molar-refractivity contribution in [2.24, 2.45) is 5.73 Å². The predicted octanol–water partition coefficient (Wildman–Crippen LogP) is 1.39. The van der Waals surface area contributed by atoms with Gasteiger partial charge in [0, 0.05) is 29.6 Å². The van der Waals surface area contributed by atoms with Gasteiger partial charge in [-0.05, 0) is 25.0 Å². The number of rotatable bonds is 3. The van der Waals surface area contributed by atoms with E-state index in [1.54, 1.807) is 17.0 Å². The Kier molecular flexibility index (Phi) is 4.91. The molecule has 0 unspecified atom stereocenters. The highest BCUT2D eigenvalue weighted by Crippen LogP contribution is 2.50. The molecule has 2 aliphatic heterocycles. The number of H-pyrrole nitrogens is 1. The number of nitrogens with two attached hydrogens (primary N) is 1. The van der Waals surface area contributed by atoms with Gasteiger partial charge in [0.25, 0.3) is 5.91 Å². The molecule has 9 nitrogen and oxygen atoms in total. The first-order valence-corrected chi connectivity index (χ1v) is 9.57. The number of ether oxygens (including phenoxy) is 2. The number of likely N-dealkylation sites (tertiary alicyclic amines) is 1. The van der Waals surface area contributed by atoms with E-state index in [4.69, 9.17) is 15.2 Å². The lowest BCUT2D eigenvalue weighted by atomic mass is 9.66. The number of hydrogen-bond acceptors (Lipinski definition) is 7. The van der Waals surface area contributed by atoms with E-state index in [2.05, 4.69) is 16.3 Å². The summed E-state index contributed by atoms with van der Waals surface area (Å²) in [4.78, 5) is 26.5. The summed E-state index contributed by atoms with van der Waals surface area (Å²) in [7, 11) is 1.31. The molecular formula is C21H21N5O4. The van der Waals surface area contributed by atoms with Crippen molar-refractivity contribution in [3.8, 4) is 11.9 Å². The lowest BCUT2D eigenvalue weighted by Gasteiger charge is -2.43. The fraction of sp³-hybridized carbons (Fsp3) is 0.333. The summed E-state index contributed by atoms with van der Waals surface area (Å²) >= 11 is 0. The molecule has 4 rings (SSSR count). The predicted molar refractivity (Wildman–Crippen MR) is 105 cm³/mol. The number of fused-ring (bicyclic) bond motifs is 2. The average Bonchev–Trinajstić information content (AvgIpc) is 3.17. The standard InChI is InChI=1S/C21H21N5O4/c1-29-16(27)11-15-17-19(25-24-15)30-18(23)14(12-22)21(17)7-9-26(10-8-21)20(28)13-5-3-2-4-6-13/h2-6H,7-11,23H2,1H3,(H,24,25). The number of aromatic amines is 1. The van der Waals surface area contributed by atoms with Crippen LogP contribution in [0.3, 0.4) is 0 Å². The van der Waals surface area contributed by atoms with Crippen molar-refractivity contribution in [3.05, 3.63) is 58.6 Å². The van der Waals surface area contributed by atoms with Gasteiger partial charge >= 0.3 is 5.97 Å². The Hall–Kier alpha value is -3.80. The van der Waals surface area contributed by atoms with Gasteiger partial charge in [-0.15, -0.1) is 5.10 Å². The van der Waals surface area contributed by atoms with Gasteiger partial charge in [0.2, 0.25) is 11.8 Å². The number of esters is 1. The normalized spacial score (nSPS) is 17.1. The van der Waals surface area contributed by atoms with E-state index >= 15 is 0 Å². The zero-order valence-corrected chi connectivity index (χ0v) is 16.5. The zero-order valence-electron chi connectivity index (χ0n) is 16.5. The summed E-state index contributed by atoms with van der Waals surface area (Å²) in [6, 6.07) is 11.3. The molecule has 0 saturated carbocycles. The molecule has 154 valence electrons. The summed E-state index contributed by atoms with van der Waals surface area (Å²) in [5.74, 6) is -0.235. The molecule has 9 heteroatoms. The molecule has 1 saturated heterocycles. The van der Waals surface area contributed by atoms with Gasteiger partial charge in [-0.3, -0.25) is 14.7 Å². The van der Waals surface area contributed by atoms with E-state index in [1.807, 2.05) is 18.2 Å². The van der Waals surface area contributed by atoms with E-state index in [0.29, 0.717) is 48.3 Å². The monoisotopic (exact) mass is 407 g/mol. The Labute approximate surface area is 173 Å².